The van der Waals surface area contributed by atoms with Crippen LogP contribution < -0.4 is 4.90 Å². The van der Waals surface area contributed by atoms with E-state index in [-0.39, 0.29) is 10.6 Å². The Hall–Kier alpha value is -3.01. The molecule has 1 atom stereocenters. The number of carbonyl (C=O) groups is 1. The average molecular weight is 421 g/mol. The molecule has 8 nitrogen and oxygen atoms in total. The van der Waals surface area contributed by atoms with Gasteiger partial charge in [0.15, 0.2) is 9.84 Å². The Labute approximate surface area is 167 Å². The van der Waals surface area contributed by atoms with Gasteiger partial charge >= 0.3 is 0 Å². The Balaban J connectivity index is 1.64. The van der Waals surface area contributed by atoms with Gasteiger partial charge in [-0.3, -0.25) is 14.9 Å². The van der Waals surface area contributed by atoms with Gasteiger partial charge in [-0.05, 0) is 43.3 Å². The van der Waals surface area contributed by atoms with Crippen molar-refractivity contribution in [2.24, 2.45) is 0 Å². The molecule has 2 aromatic carbocycles. The van der Waals surface area contributed by atoms with Crippen LogP contribution in [0.2, 0.25) is 0 Å². The van der Waals surface area contributed by atoms with Gasteiger partial charge in [0.2, 0.25) is 5.91 Å². The quantitative estimate of drug-likeness (QED) is 0.417. The molecule has 3 rings (SSSR count). The Morgan fingerprint density at radius 3 is 2.10 bits per heavy atom. The molecular weight excluding hydrogens is 401 g/mol. The summed E-state index contributed by atoms with van der Waals surface area (Å²) in [7, 11) is -3.92. The summed E-state index contributed by atoms with van der Waals surface area (Å²) in [5.74, 6) is -1.05. The smallest absolute Gasteiger partial charge is 0.269 e. The number of amides is 1. The largest absolute Gasteiger partial charge is 0.368 e. The molecule has 0 N–H and O–H groups in total. The third-order valence-electron chi connectivity index (χ3n) is 4.97. The number of nitro groups is 1. The maximum absolute atomic E-state index is 13.1. The number of anilines is 1. The molecular formula is C19H20FN3O5S. The van der Waals surface area contributed by atoms with Crippen molar-refractivity contribution in [3.05, 3.63) is 64.5 Å². The monoisotopic (exact) mass is 421 g/mol. The van der Waals surface area contributed by atoms with Crippen molar-refractivity contribution in [3.8, 4) is 0 Å². The van der Waals surface area contributed by atoms with Crippen molar-refractivity contribution < 1.29 is 22.5 Å². The first kappa shape index (κ1) is 20.7. The van der Waals surface area contributed by atoms with Crippen molar-refractivity contribution in [2.45, 2.75) is 17.1 Å². The number of rotatable bonds is 5. The first-order valence-corrected chi connectivity index (χ1v) is 10.5. The summed E-state index contributed by atoms with van der Waals surface area (Å²) in [6.45, 7) is 2.96. The van der Waals surface area contributed by atoms with Gasteiger partial charge in [0.1, 0.15) is 11.1 Å². The summed E-state index contributed by atoms with van der Waals surface area (Å²) in [6.07, 6.45) is 0. The van der Waals surface area contributed by atoms with E-state index in [9.17, 15) is 27.7 Å². The van der Waals surface area contributed by atoms with Gasteiger partial charge in [0.25, 0.3) is 5.69 Å². The number of non-ortho nitro benzene ring substituents is 1. The predicted octanol–water partition coefficient (Wildman–Crippen LogP) is 2.24. The SMILES string of the molecule is CC(C(=O)N1CCN(c2ccc([N+](=O)[O-])cc2)CC1)S(=O)(=O)c1ccc(F)cc1. The Morgan fingerprint density at radius 1 is 1.03 bits per heavy atom. The molecule has 0 radical (unpaired) electrons. The third kappa shape index (κ3) is 4.37. The Bertz CT molecular complexity index is 1000. The van der Waals surface area contributed by atoms with Crippen molar-refractivity contribution in [1.29, 1.82) is 0 Å². The van der Waals surface area contributed by atoms with Gasteiger partial charge < -0.3 is 9.80 Å². The number of piperazine rings is 1. The average Bonchev–Trinajstić information content (AvgIpc) is 2.73. The molecule has 10 heteroatoms. The fraction of sp³-hybridized carbons (Fsp3) is 0.316. The van der Waals surface area contributed by atoms with Crippen molar-refractivity contribution >= 4 is 27.1 Å². The summed E-state index contributed by atoms with van der Waals surface area (Å²) in [5, 5.41) is 9.47. The molecule has 0 aliphatic carbocycles. The van der Waals surface area contributed by atoms with Crippen molar-refractivity contribution in [2.75, 3.05) is 31.1 Å². The second kappa shape index (κ2) is 8.16. The maximum Gasteiger partial charge on any atom is 0.269 e. The van der Waals surface area contributed by atoms with Crippen LogP contribution >= 0.6 is 0 Å². The highest BCUT2D eigenvalue weighted by molar-refractivity contribution is 7.92. The molecule has 0 spiro atoms. The fourth-order valence-corrected chi connectivity index (χ4v) is 4.53. The number of hydrogen-bond acceptors (Lipinski definition) is 6. The molecule has 1 aliphatic rings. The van der Waals surface area contributed by atoms with Crippen LogP contribution in [0.4, 0.5) is 15.8 Å². The van der Waals surface area contributed by atoms with Gasteiger partial charge in [0.05, 0.1) is 9.82 Å². The van der Waals surface area contributed by atoms with E-state index in [0.717, 1.165) is 30.0 Å². The minimum atomic E-state index is -3.92. The maximum atomic E-state index is 13.1. The summed E-state index contributed by atoms with van der Waals surface area (Å²) < 4.78 is 38.4. The van der Waals surface area contributed by atoms with E-state index in [1.54, 1.807) is 12.1 Å². The molecule has 0 aromatic heterocycles. The highest BCUT2D eigenvalue weighted by Crippen LogP contribution is 2.22. The minimum absolute atomic E-state index is 0.00221. The van der Waals surface area contributed by atoms with Crippen LogP contribution in [0.5, 0.6) is 0 Å². The lowest BCUT2D eigenvalue weighted by atomic mass is 10.2. The van der Waals surface area contributed by atoms with Gasteiger partial charge in [-0.1, -0.05) is 0 Å². The Kier molecular flexibility index (Phi) is 5.83. The van der Waals surface area contributed by atoms with Gasteiger partial charge in [-0.25, -0.2) is 12.8 Å². The zero-order valence-electron chi connectivity index (χ0n) is 15.7. The van der Waals surface area contributed by atoms with Gasteiger partial charge in [-0.15, -0.1) is 0 Å². The predicted molar refractivity (Wildman–Crippen MR) is 105 cm³/mol. The van der Waals surface area contributed by atoms with Crippen LogP contribution in [-0.4, -0.2) is 55.6 Å². The molecule has 1 aliphatic heterocycles. The van der Waals surface area contributed by atoms with E-state index >= 15 is 0 Å². The number of benzene rings is 2. The lowest BCUT2D eigenvalue weighted by Crippen LogP contribution is -2.52. The van der Waals surface area contributed by atoms with E-state index in [1.807, 2.05) is 4.90 Å². The molecule has 154 valence electrons. The van der Waals surface area contributed by atoms with E-state index in [0.29, 0.717) is 26.2 Å². The molecule has 2 aromatic rings. The van der Waals surface area contributed by atoms with Crippen molar-refractivity contribution in [1.82, 2.24) is 4.90 Å². The highest BCUT2D eigenvalue weighted by Gasteiger charge is 2.34. The second-order valence-corrected chi connectivity index (χ2v) is 9.00. The fourth-order valence-electron chi connectivity index (χ4n) is 3.19. The lowest BCUT2D eigenvalue weighted by Gasteiger charge is -2.37. The van der Waals surface area contributed by atoms with E-state index in [2.05, 4.69) is 0 Å². The summed E-state index contributed by atoms with van der Waals surface area (Å²) in [6, 6.07) is 10.5. The molecule has 1 fully saturated rings. The zero-order chi connectivity index (χ0) is 21.2. The van der Waals surface area contributed by atoms with Crippen LogP contribution in [0.3, 0.4) is 0 Å². The standard InChI is InChI=1S/C19H20FN3O5S/c1-14(29(27,28)18-8-2-15(20)3-9-18)19(24)22-12-10-21(11-13-22)16-4-6-17(7-5-16)23(25)26/h2-9,14H,10-13H2,1H3. The number of hydrogen-bond donors (Lipinski definition) is 0. The number of sulfone groups is 1. The van der Waals surface area contributed by atoms with E-state index in [4.69, 9.17) is 0 Å². The molecule has 29 heavy (non-hydrogen) atoms. The minimum Gasteiger partial charge on any atom is -0.368 e. The Morgan fingerprint density at radius 2 is 1.59 bits per heavy atom. The molecule has 0 saturated carbocycles. The van der Waals surface area contributed by atoms with E-state index in [1.165, 1.54) is 24.0 Å². The topological polar surface area (TPSA) is 101 Å². The first-order chi connectivity index (χ1) is 13.7. The van der Waals surface area contributed by atoms with Crippen LogP contribution in [0.25, 0.3) is 0 Å². The molecule has 1 amide bonds. The third-order valence-corrected chi connectivity index (χ3v) is 7.03. The van der Waals surface area contributed by atoms with Crippen LogP contribution in [0, 0.1) is 15.9 Å². The van der Waals surface area contributed by atoms with Gasteiger partial charge in [0, 0.05) is 44.0 Å². The molecule has 0 bridgehead atoms. The van der Waals surface area contributed by atoms with Crippen LogP contribution in [0.15, 0.2) is 53.4 Å². The summed E-state index contributed by atoms with van der Waals surface area (Å²) in [4.78, 5) is 26.4. The van der Waals surface area contributed by atoms with Gasteiger partial charge in [-0.2, -0.15) is 0 Å². The highest BCUT2D eigenvalue weighted by atomic mass is 32.2. The zero-order valence-corrected chi connectivity index (χ0v) is 16.5. The van der Waals surface area contributed by atoms with Crippen molar-refractivity contribution in [3.63, 3.8) is 0 Å². The number of nitro benzene ring substituents is 1. The second-order valence-electron chi connectivity index (χ2n) is 6.73. The molecule has 1 unspecified atom stereocenters. The normalized spacial score (nSPS) is 15.8. The number of carbonyl (C=O) groups excluding carboxylic acids is 1. The lowest BCUT2D eigenvalue weighted by molar-refractivity contribution is -0.384. The summed E-state index contributed by atoms with van der Waals surface area (Å²) >= 11 is 0. The first-order valence-electron chi connectivity index (χ1n) is 8.98. The van der Waals surface area contributed by atoms with E-state index < -0.39 is 31.7 Å². The molecule has 1 heterocycles. The van der Waals surface area contributed by atoms with Crippen LogP contribution in [0.1, 0.15) is 6.92 Å². The molecule has 1 saturated heterocycles. The summed E-state index contributed by atoms with van der Waals surface area (Å²) in [5.41, 5.74) is 0.803. The number of halogens is 1. The number of nitrogens with zero attached hydrogens (tertiary/aromatic N) is 3. The van der Waals surface area contributed by atoms with Crippen LogP contribution in [-0.2, 0) is 14.6 Å².